The Kier molecular flexibility index (Phi) is 7.37. The van der Waals surface area contributed by atoms with Crippen LogP contribution < -0.4 is 10.1 Å². The monoisotopic (exact) mass is 334 g/mol. The largest absolute Gasteiger partial charge is 0.491 e. The summed E-state index contributed by atoms with van der Waals surface area (Å²) in [6, 6.07) is 7.48. The van der Waals surface area contributed by atoms with E-state index in [0.29, 0.717) is 24.0 Å². The Morgan fingerprint density at radius 3 is 2.75 bits per heavy atom. The van der Waals surface area contributed by atoms with Crippen molar-refractivity contribution in [1.82, 2.24) is 4.90 Å². The van der Waals surface area contributed by atoms with E-state index in [1.807, 2.05) is 24.3 Å². The molecular formula is C19H30N2O3. The Hall–Kier alpha value is -1.75. The lowest BCUT2D eigenvalue weighted by molar-refractivity contribution is 0.0357. The second kappa shape index (κ2) is 9.52. The smallest absolute Gasteiger partial charge is 0.412 e. The average molecular weight is 334 g/mol. The Balaban J connectivity index is 1.94. The van der Waals surface area contributed by atoms with Crippen molar-refractivity contribution in [1.29, 1.82) is 0 Å². The lowest BCUT2D eigenvalue weighted by Gasteiger charge is -2.32. The molecule has 2 rings (SSSR count). The summed E-state index contributed by atoms with van der Waals surface area (Å²) in [5.41, 5.74) is 0.663. The molecule has 1 fully saturated rings. The molecule has 1 aliphatic carbocycles. The van der Waals surface area contributed by atoms with Gasteiger partial charge < -0.3 is 14.4 Å². The van der Waals surface area contributed by atoms with Crippen LogP contribution in [0.15, 0.2) is 24.3 Å². The van der Waals surface area contributed by atoms with Gasteiger partial charge in [-0.2, -0.15) is 0 Å². The zero-order valence-electron chi connectivity index (χ0n) is 15.1. The van der Waals surface area contributed by atoms with Crippen molar-refractivity contribution in [2.75, 3.05) is 32.6 Å². The Morgan fingerprint density at radius 1 is 1.25 bits per heavy atom. The Morgan fingerprint density at radius 2 is 2.00 bits per heavy atom. The van der Waals surface area contributed by atoms with Gasteiger partial charge in [0.25, 0.3) is 0 Å². The van der Waals surface area contributed by atoms with Crippen molar-refractivity contribution in [2.24, 2.45) is 5.92 Å². The van der Waals surface area contributed by atoms with Gasteiger partial charge >= 0.3 is 6.09 Å². The fourth-order valence-electron chi connectivity index (χ4n) is 3.19. The molecule has 134 valence electrons. The first-order chi connectivity index (χ1) is 11.6. The fourth-order valence-corrected chi connectivity index (χ4v) is 3.19. The number of nitrogens with one attached hydrogen (secondary N) is 1. The van der Waals surface area contributed by atoms with E-state index in [1.165, 1.54) is 6.42 Å². The maximum absolute atomic E-state index is 12.3. The van der Waals surface area contributed by atoms with Crippen LogP contribution >= 0.6 is 0 Å². The van der Waals surface area contributed by atoms with Gasteiger partial charge in [0.1, 0.15) is 11.9 Å². The number of anilines is 1. The summed E-state index contributed by atoms with van der Waals surface area (Å²) >= 11 is 0. The van der Waals surface area contributed by atoms with Crippen LogP contribution in [0.5, 0.6) is 5.75 Å². The van der Waals surface area contributed by atoms with Crippen LogP contribution in [-0.4, -0.2) is 44.3 Å². The van der Waals surface area contributed by atoms with E-state index in [0.717, 1.165) is 32.2 Å². The number of carbonyl (C=O) groups excluding carboxylic acids is 1. The second-order valence-corrected chi connectivity index (χ2v) is 6.72. The molecule has 1 aromatic rings. The molecule has 0 saturated heterocycles. The third-order valence-electron chi connectivity index (χ3n) is 4.28. The standard InChI is InChI=1S/C19H30N2O3/c1-4-13-23-18-12-8-6-10-16(18)20-19(22)24-17-11-7-5-9-15(17)14-21(2)3/h6,8,10,12,15,17H,4-5,7,9,11,13-14H2,1-3H3,(H,20,22)/t15-,17-/m0/s1. The number of nitrogens with zero attached hydrogens (tertiary/aromatic N) is 1. The van der Waals surface area contributed by atoms with Gasteiger partial charge in [0, 0.05) is 12.5 Å². The van der Waals surface area contributed by atoms with Gasteiger partial charge in [0.05, 0.1) is 12.3 Å². The number of carbonyl (C=O) groups is 1. The lowest BCUT2D eigenvalue weighted by Crippen LogP contribution is -2.37. The van der Waals surface area contributed by atoms with E-state index in [9.17, 15) is 4.79 Å². The number of ether oxygens (including phenoxy) is 2. The van der Waals surface area contributed by atoms with E-state index >= 15 is 0 Å². The van der Waals surface area contributed by atoms with E-state index in [2.05, 4.69) is 31.2 Å². The van der Waals surface area contributed by atoms with Crippen molar-refractivity contribution >= 4 is 11.8 Å². The summed E-state index contributed by atoms with van der Waals surface area (Å²) in [6.07, 6.45) is 4.92. The van der Waals surface area contributed by atoms with Crippen LogP contribution in [0.25, 0.3) is 0 Å². The molecule has 0 radical (unpaired) electrons. The maximum Gasteiger partial charge on any atom is 0.412 e. The molecule has 0 aromatic heterocycles. The molecule has 0 unspecified atom stereocenters. The molecule has 0 spiro atoms. The van der Waals surface area contributed by atoms with Crippen molar-refractivity contribution in [3.05, 3.63) is 24.3 Å². The summed E-state index contributed by atoms with van der Waals surface area (Å²) in [7, 11) is 4.13. The number of hydrogen-bond donors (Lipinski definition) is 1. The minimum absolute atomic E-state index is 0.00938. The van der Waals surface area contributed by atoms with Crippen LogP contribution in [0.2, 0.25) is 0 Å². The quantitative estimate of drug-likeness (QED) is 0.814. The number of benzene rings is 1. The number of amides is 1. The highest BCUT2D eigenvalue weighted by Gasteiger charge is 2.28. The van der Waals surface area contributed by atoms with E-state index in [-0.39, 0.29) is 6.10 Å². The summed E-state index contributed by atoms with van der Waals surface area (Å²) in [5.74, 6) is 1.09. The van der Waals surface area contributed by atoms with Gasteiger partial charge in [0.2, 0.25) is 0 Å². The molecule has 1 saturated carbocycles. The SMILES string of the molecule is CCCOc1ccccc1NC(=O)O[C@H]1CCCC[C@H]1CN(C)C. The molecule has 0 bridgehead atoms. The zero-order chi connectivity index (χ0) is 17.4. The van der Waals surface area contributed by atoms with Gasteiger partial charge in [-0.25, -0.2) is 4.79 Å². The molecule has 1 aliphatic rings. The van der Waals surface area contributed by atoms with Gasteiger partial charge in [-0.05, 0) is 51.9 Å². The molecule has 0 heterocycles. The molecule has 24 heavy (non-hydrogen) atoms. The van der Waals surface area contributed by atoms with Crippen LogP contribution in [0, 0.1) is 5.92 Å². The molecule has 2 atom stereocenters. The second-order valence-electron chi connectivity index (χ2n) is 6.72. The van der Waals surface area contributed by atoms with Crippen molar-refractivity contribution in [3.8, 4) is 5.75 Å². The van der Waals surface area contributed by atoms with E-state index < -0.39 is 6.09 Å². The first-order valence-electron chi connectivity index (χ1n) is 8.94. The highest BCUT2D eigenvalue weighted by atomic mass is 16.6. The van der Waals surface area contributed by atoms with Crippen LogP contribution in [-0.2, 0) is 4.74 Å². The Bertz CT molecular complexity index is 519. The number of para-hydroxylation sites is 2. The van der Waals surface area contributed by atoms with Crippen molar-refractivity contribution in [3.63, 3.8) is 0 Å². The van der Waals surface area contributed by atoms with Crippen molar-refractivity contribution < 1.29 is 14.3 Å². The number of rotatable bonds is 7. The van der Waals surface area contributed by atoms with Gasteiger partial charge in [-0.1, -0.05) is 25.5 Å². The molecular weight excluding hydrogens is 304 g/mol. The minimum Gasteiger partial charge on any atom is -0.491 e. The molecule has 1 aromatic carbocycles. The van der Waals surface area contributed by atoms with Gasteiger partial charge in [-0.15, -0.1) is 0 Å². The van der Waals surface area contributed by atoms with E-state index in [4.69, 9.17) is 9.47 Å². The van der Waals surface area contributed by atoms with Crippen LogP contribution in [0.3, 0.4) is 0 Å². The van der Waals surface area contributed by atoms with E-state index in [1.54, 1.807) is 0 Å². The normalized spacial score (nSPS) is 20.7. The lowest BCUT2D eigenvalue weighted by atomic mass is 9.86. The highest BCUT2D eigenvalue weighted by Crippen LogP contribution is 2.29. The highest BCUT2D eigenvalue weighted by molar-refractivity contribution is 5.86. The third kappa shape index (κ3) is 5.71. The first-order valence-corrected chi connectivity index (χ1v) is 8.94. The predicted molar refractivity (Wildman–Crippen MR) is 96.6 cm³/mol. The van der Waals surface area contributed by atoms with Crippen molar-refractivity contribution in [2.45, 2.75) is 45.1 Å². The molecule has 0 aliphatic heterocycles. The van der Waals surface area contributed by atoms with Gasteiger partial charge in [-0.3, -0.25) is 5.32 Å². The molecule has 1 N–H and O–H groups in total. The predicted octanol–water partition coefficient (Wildman–Crippen LogP) is 4.14. The summed E-state index contributed by atoms with van der Waals surface area (Å²) in [4.78, 5) is 14.5. The topological polar surface area (TPSA) is 50.8 Å². The van der Waals surface area contributed by atoms with Crippen LogP contribution in [0.1, 0.15) is 39.0 Å². The fraction of sp³-hybridized carbons (Fsp3) is 0.632. The van der Waals surface area contributed by atoms with Gasteiger partial charge in [0.15, 0.2) is 0 Å². The maximum atomic E-state index is 12.3. The average Bonchev–Trinajstić information content (AvgIpc) is 2.55. The summed E-state index contributed by atoms with van der Waals surface area (Å²) in [6.45, 7) is 3.63. The minimum atomic E-state index is -0.391. The first kappa shape index (κ1) is 18.6. The molecule has 5 nitrogen and oxygen atoms in total. The third-order valence-corrected chi connectivity index (χ3v) is 4.28. The Labute approximate surface area is 145 Å². The zero-order valence-corrected chi connectivity index (χ0v) is 15.1. The summed E-state index contributed by atoms with van der Waals surface area (Å²) in [5, 5.41) is 2.84. The molecule has 1 amide bonds. The van der Waals surface area contributed by atoms with Crippen LogP contribution in [0.4, 0.5) is 10.5 Å². The molecule has 5 heteroatoms. The summed E-state index contributed by atoms with van der Waals surface area (Å²) < 4.78 is 11.4. The number of hydrogen-bond acceptors (Lipinski definition) is 4.